The van der Waals surface area contributed by atoms with Gasteiger partial charge in [0.05, 0.1) is 12.3 Å². The lowest BCUT2D eigenvalue weighted by Crippen LogP contribution is -2.48. The highest BCUT2D eigenvalue weighted by Gasteiger charge is 2.32. The van der Waals surface area contributed by atoms with Crippen molar-refractivity contribution in [3.05, 3.63) is 30.0 Å². The number of carbonyl (C=O) groups excluding carboxylic acids is 1. The zero-order valence-corrected chi connectivity index (χ0v) is 12.4. The van der Waals surface area contributed by atoms with Crippen molar-refractivity contribution in [2.45, 2.75) is 32.2 Å². The molecule has 2 aromatic rings. The van der Waals surface area contributed by atoms with Crippen LogP contribution >= 0.6 is 0 Å². The van der Waals surface area contributed by atoms with E-state index in [2.05, 4.69) is 5.16 Å². The van der Waals surface area contributed by atoms with E-state index in [0.717, 1.165) is 5.39 Å². The number of fused-ring (bicyclic) bond motifs is 1. The summed E-state index contributed by atoms with van der Waals surface area (Å²) in [6.45, 7) is 2.22. The Bertz CT molecular complexity index is 709. The van der Waals surface area contributed by atoms with Crippen LogP contribution in [0.4, 0.5) is 0 Å². The molecule has 1 fully saturated rings. The molecule has 116 valence electrons. The van der Waals surface area contributed by atoms with Crippen LogP contribution < -0.4 is 0 Å². The fourth-order valence-electron chi connectivity index (χ4n) is 2.97. The van der Waals surface area contributed by atoms with Crippen molar-refractivity contribution >= 4 is 22.8 Å². The SMILES string of the molecule is CC1CCC(C(=O)O)CN1C(=O)Cc1noc2ccccc12. The normalized spacial score (nSPS) is 22.0. The van der Waals surface area contributed by atoms with Gasteiger partial charge in [-0.2, -0.15) is 0 Å². The van der Waals surface area contributed by atoms with E-state index < -0.39 is 11.9 Å². The van der Waals surface area contributed by atoms with Gasteiger partial charge in [0, 0.05) is 18.0 Å². The molecule has 1 aliphatic heterocycles. The predicted molar refractivity (Wildman–Crippen MR) is 79.2 cm³/mol. The molecule has 2 heterocycles. The Labute approximate surface area is 127 Å². The first-order valence-corrected chi connectivity index (χ1v) is 7.42. The number of nitrogens with zero attached hydrogens (tertiary/aromatic N) is 2. The number of hydrogen-bond donors (Lipinski definition) is 1. The number of aliphatic carboxylic acids is 1. The zero-order chi connectivity index (χ0) is 15.7. The van der Waals surface area contributed by atoms with Crippen molar-refractivity contribution in [3.8, 4) is 0 Å². The highest BCUT2D eigenvalue weighted by molar-refractivity contribution is 5.86. The molecular formula is C16H18N2O4. The number of carboxylic acid groups (broad SMARTS) is 1. The first-order valence-electron chi connectivity index (χ1n) is 7.42. The molecule has 2 unspecified atom stereocenters. The molecule has 6 heteroatoms. The minimum Gasteiger partial charge on any atom is -0.481 e. The number of rotatable bonds is 3. The number of piperidine rings is 1. The minimum atomic E-state index is -0.836. The van der Waals surface area contributed by atoms with Crippen LogP contribution in [0, 0.1) is 5.92 Å². The fourth-order valence-corrected chi connectivity index (χ4v) is 2.97. The van der Waals surface area contributed by atoms with Gasteiger partial charge in [0.15, 0.2) is 5.58 Å². The molecule has 1 amide bonds. The summed E-state index contributed by atoms with van der Waals surface area (Å²) in [4.78, 5) is 25.4. The topological polar surface area (TPSA) is 83.6 Å². The maximum atomic E-state index is 12.5. The number of carboxylic acids is 1. The van der Waals surface area contributed by atoms with Crippen molar-refractivity contribution in [2.75, 3.05) is 6.54 Å². The molecule has 1 aromatic carbocycles. The largest absolute Gasteiger partial charge is 0.481 e. The van der Waals surface area contributed by atoms with Gasteiger partial charge < -0.3 is 14.5 Å². The molecule has 1 saturated heterocycles. The molecule has 1 aromatic heterocycles. The molecule has 22 heavy (non-hydrogen) atoms. The van der Waals surface area contributed by atoms with E-state index in [1.54, 1.807) is 11.0 Å². The van der Waals surface area contributed by atoms with Crippen molar-refractivity contribution in [2.24, 2.45) is 5.92 Å². The zero-order valence-electron chi connectivity index (χ0n) is 12.4. The smallest absolute Gasteiger partial charge is 0.308 e. The van der Waals surface area contributed by atoms with Gasteiger partial charge in [-0.25, -0.2) is 0 Å². The molecule has 0 bridgehead atoms. The number of benzene rings is 1. The van der Waals surface area contributed by atoms with Gasteiger partial charge in [-0.1, -0.05) is 17.3 Å². The van der Waals surface area contributed by atoms with Gasteiger partial charge in [-0.05, 0) is 31.9 Å². The van der Waals surface area contributed by atoms with Gasteiger partial charge in [0.1, 0.15) is 5.69 Å². The number of amides is 1. The summed E-state index contributed by atoms with van der Waals surface area (Å²) in [5, 5.41) is 14.0. The second-order valence-electron chi connectivity index (χ2n) is 5.81. The molecule has 1 N–H and O–H groups in total. The van der Waals surface area contributed by atoms with Crippen molar-refractivity contribution in [1.82, 2.24) is 10.1 Å². The molecule has 0 aliphatic carbocycles. The maximum Gasteiger partial charge on any atom is 0.308 e. The molecule has 2 atom stereocenters. The summed E-state index contributed by atoms with van der Waals surface area (Å²) in [6.07, 6.45) is 1.46. The third kappa shape index (κ3) is 2.68. The minimum absolute atomic E-state index is 0.0567. The van der Waals surface area contributed by atoms with E-state index in [4.69, 9.17) is 9.63 Å². The Hall–Kier alpha value is -2.37. The number of aromatic nitrogens is 1. The molecular weight excluding hydrogens is 284 g/mol. The van der Waals surface area contributed by atoms with Crippen LogP contribution in [0.15, 0.2) is 28.8 Å². The van der Waals surface area contributed by atoms with E-state index >= 15 is 0 Å². The average Bonchev–Trinajstić information content (AvgIpc) is 2.90. The second-order valence-corrected chi connectivity index (χ2v) is 5.81. The number of para-hydroxylation sites is 1. The van der Waals surface area contributed by atoms with Crippen LogP contribution in [0.1, 0.15) is 25.5 Å². The maximum absolute atomic E-state index is 12.5. The molecule has 0 saturated carbocycles. The molecule has 0 radical (unpaired) electrons. The van der Waals surface area contributed by atoms with Crippen molar-refractivity contribution in [1.29, 1.82) is 0 Å². The van der Waals surface area contributed by atoms with Crippen LogP contribution in [-0.2, 0) is 16.0 Å². The van der Waals surface area contributed by atoms with Crippen LogP contribution in [0.5, 0.6) is 0 Å². The van der Waals surface area contributed by atoms with E-state index in [9.17, 15) is 9.59 Å². The van der Waals surface area contributed by atoms with E-state index in [0.29, 0.717) is 24.1 Å². The molecule has 3 rings (SSSR count). The summed E-state index contributed by atoms with van der Waals surface area (Å²) in [6, 6.07) is 7.45. The first kappa shape index (κ1) is 14.6. The highest BCUT2D eigenvalue weighted by Crippen LogP contribution is 2.24. The lowest BCUT2D eigenvalue weighted by molar-refractivity contribution is -0.147. The van der Waals surface area contributed by atoms with Crippen molar-refractivity contribution in [3.63, 3.8) is 0 Å². The average molecular weight is 302 g/mol. The Kier molecular flexibility index (Phi) is 3.83. The van der Waals surface area contributed by atoms with Gasteiger partial charge in [-0.15, -0.1) is 0 Å². The van der Waals surface area contributed by atoms with Gasteiger partial charge >= 0.3 is 5.97 Å². The predicted octanol–water partition coefficient (Wildman–Crippen LogP) is 2.08. The lowest BCUT2D eigenvalue weighted by Gasteiger charge is -2.36. The summed E-state index contributed by atoms with van der Waals surface area (Å²) in [7, 11) is 0. The first-order chi connectivity index (χ1) is 10.6. The standard InChI is InChI=1S/C16H18N2O4/c1-10-6-7-11(16(20)21)9-18(10)15(19)8-13-12-4-2-3-5-14(12)22-17-13/h2-5,10-11H,6-9H2,1H3,(H,20,21). The monoisotopic (exact) mass is 302 g/mol. The molecule has 6 nitrogen and oxygen atoms in total. The number of hydrogen-bond acceptors (Lipinski definition) is 4. The van der Waals surface area contributed by atoms with Gasteiger partial charge in [-0.3, -0.25) is 9.59 Å². The van der Waals surface area contributed by atoms with Crippen LogP contribution in [0.25, 0.3) is 11.0 Å². The Morgan fingerprint density at radius 2 is 2.14 bits per heavy atom. The summed E-state index contributed by atoms with van der Waals surface area (Å²) in [5.41, 5.74) is 1.26. The van der Waals surface area contributed by atoms with Crippen LogP contribution in [-0.4, -0.2) is 39.6 Å². The third-order valence-electron chi connectivity index (χ3n) is 4.32. The quantitative estimate of drug-likeness (QED) is 0.938. The number of carbonyl (C=O) groups is 2. The van der Waals surface area contributed by atoms with Crippen LogP contribution in [0.2, 0.25) is 0 Å². The Morgan fingerprint density at radius 1 is 1.36 bits per heavy atom. The Balaban J connectivity index is 1.77. The second kappa shape index (κ2) is 5.79. The summed E-state index contributed by atoms with van der Waals surface area (Å²) < 4.78 is 5.21. The molecule has 0 spiro atoms. The summed E-state index contributed by atoms with van der Waals surface area (Å²) in [5.74, 6) is -1.41. The highest BCUT2D eigenvalue weighted by atomic mass is 16.5. The lowest BCUT2D eigenvalue weighted by atomic mass is 9.93. The van der Waals surface area contributed by atoms with Gasteiger partial charge in [0.25, 0.3) is 0 Å². The van der Waals surface area contributed by atoms with E-state index in [1.807, 2.05) is 25.1 Å². The van der Waals surface area contributed by atoms with Crippen LogP contribution in [0.3, 0.4) is 0 Å². The van der Waals surface area contributed by atoms with Gasteiger partial charge in [0.2, 0.25) is 5.91 Å². The fraction of sp³-hybridized carbons (Fsp3) is 0.438. The summed E-state index contributed by atoms with van der Waals surface area (Å²) >= 11 is 0. The van der Waals surface area contributed by atoms with E-state index in [-0.39, 0.29) is 24.9 Å². The Morgan fingerprint density at radius 3 is 2.91 bits per heavy atom. The number of likely N-dealkylation sites (tertiary alicyclic amines) is 1. The van der Waals surface area contributed by atoms with E-state index in [1.165, 1.54) is 0 Å². The van der Waals surface area contributed by atoms with Crippen molar-refractivity contribution < 1.29 is 19.2 Å². The third-order valence-corrected chi connectivity index (χ3v) is 4.32. The molecule has 1 aliphatic rings.